The van der Waals surface area contributed by atoms with Crippen LogP contribution >= 0.6 is 34.5 Å². The van der Waals surface area contributed by atoms with Crippen LogP contribution in [0.4, 0.5) is 30.7 Å². The van der Waals surface area contributed by atoms with E-state index in [0.717, 1.165) is 23.3 Å². The Kier molecular flexibility index (Phi) is 7.27. The Morgan fingerprint density at radius 2 is 1.85 bits per heavy atom. The van der Waals surface area contributed by atoms with E-state index in [1.165, 1.54) is 0 Å². The molecule has 1 aromatic heterocycles. The molecular formula is C24H18Cl2F7N3O3S. The first kappa shape index (κ1) is 28.9. The fourth-order valence-corrected chi connectivity index (χ4v) is 6.81. The summed E-state index contributed by atoms with van der Waals surface area (Å²) in [6.07, 6.45) is -9.41. The van der Waals surface area contributed by atoms with Crippen molar-refractivity contribution in [3.05, 3.63) is 54.9 Å². The third kappa shape index (κ3) is 4.91. The number of rotatable bonds is 4. The van der Waals surface area contributed by atoms with E-state index in [1.807, 2.05) is 0 Å². The average Bonchev–Trinajstić information content (AvgIpc) is 3.62. The number of hydrogen-bond acceptors (Lipinski definition) is 5. The molecule has 3 heterocycles. The van der Waals surface area contributed by atoms with Gasteiger partial charge in [0.25, 0.3) is 11.5 Å². The summed E-state index contributed by atoms with van der Waals surface area (Å²) in [4.78, 5) is 33.2. The van der Waals surface area contributed by atoms with Gasteiger partial charge in [0.05, 0.1) is 21.3 Å². The number of carbonyl (C=O) groups is 2. The molecule has 0 spiro atoms. The molecule has 216 valence electrons. The number of benzene rings is 1. The maximum atomic E-state index is 14.6. The van der Waals surface area contributed by atoms with Gasteiger partial charge >= 0.3 is 12.4 Å². The quantitative estimate of drug-likeness (QED) is 0.287. The lowest BCUT2D eigenvalue weighted by atomic mass is 9.89. The van der Waals surface area contributed by atoms with Gasteiger partial charge in [0, 0.05) is 12.1 Å². The summed E-state index contributed by atoms with van der Waals surface area (Å²) in [6, 6.07) is -0.224. The topological polar surface area (TPSA) is 62.2 Å². The van der Waals surface area contributed by atoms with Crippen LogP contribution in [0.15, 0.2) is 22.7 Å². The van der Waals surface area contributed by atoms with Crippen molar-refractivity contribution in [1.29, 1.82) is 0 Å². The predicted molar refractivity (Wildman–Crippen MR) is 131 cm³/mol. The summed E-state index contributed by atoms with van der Waals surface area (Å²) in [5, 5.41) is 3.84. The van der Waals surface area contributed by atoms with Crippen molar-refractivity contribution in [3.8, 4) is 0 Å². The molecule has 1 fully saturated rings. The lowest BCUT2D eigenvalue weighted by Gasteiger charge is -2.31. The molecule has 0 bridgehead atoms. The lowest BCUT2D eigenvalue weighted by molar-refractivity contribution is -0.275. The number of nitrogens with zero attached hydrogens (tertiary/aromatic N) is 3. The molecule has 3 aliphatic rings. The Hall–Kier alpha value is -2.58. The first-order valence-electron chi connectivity index (χ1n) is 11.9. The smallest absolute Gasteiger partial charge is 0.372 e. The first-order chi connectivity index (χ1) is 18.6. The fraction of sp³-hybridized carbons (Fsp3) is 0.458. The first-order valence-corrected chi connectivity index (χ1v) is 13.5. The molecule has 16 heteroatoms. The SMILES string of the molecule is O=C1C(N(C(=O)c2scc3c2CCC3)C2=NOC(c3cc(Cl)c(F)c(Cl)c3)(C(F)(F)F)C2)CCN1CC(F)(F)F. The highest BCUT2D eigenvalue weighted by Gasteiger charge is 2.64. The van der Waals surface area contributed by atoms with Crippen LogP contribution in [0.1, 0.15) is 45.6 Å². The molecule has 2 amide bonds. The number of amides is 2. The van der Waals surface area contributed by atoms with Gasteiger partial charge in [-0.2, -0.15) is 26.3 Å². The van der Waals surface area contributed by atoms with Crippen molar-refractivity contribution in [2.75, 3.05) is 13.1 Å². The molecule has 6 nitrogen and oxygen atoms in total. The zero-order valence-corrected chi connectivity index (χ0v) is 22.5. The maximum Gasteiger partial charge on any atom is 0.435 e. The standard InChI is InChI=1S/C24H18Cl2F7N3O3S/c25-14-6-12(7-15(26)18(14)27)22(24(31,32)33)8-17(34-39-22)36(16-4-5-35(20(16)37)10-23(28,29)30)21(38)19-13-3-1-2-11(13)9-40-19/h6-7,9,16H,1-5,8,10H2. The maximum absolute atomic E-state index is 14.6. The van der Waals surface area contributed by atoms with E-state index in [4.69, 9.17) is 28.0 Å². The number of hydrogen-bond donors (Lipinski definition) is 0. The Balaban J connectivity index is 1.56. The van der Waals surface area contributed by atoms with E-state index in [1.54, 1.807) is 5.38 Å². The van der Waals surface area contributed by atoms with E-state index in [9.17, 15) is 40.3 Å². The molecule has 0 radical (unpaired) electrons. The molecular weight excluding hydrogens is 614 g/mol. The molecule has 1 aromatic carbocycles. The van der Waals surface area contributed by atoms with Gasteiger partial charge in [-0.05, 0) is 54.3 Å². The lowest BCUT2D eigenvalue weighted by Crippen LogP contribution is -2.51. The highest BCUT2D eigenvalue weighted by Crippen LogP contribution is 2.50. The third-order valence-electron chi connectivity index (χ3n) is 7.12. The molecule has 40 heavy (non-hydrogen) atoms. The summed E-state index contributed by atoms with van der Waals surface area (Å²) < 4.78 is 96.9. The highest BCUT2D eigenvalue weighted by molar-refractivity contribution is 7.12. The van der Waals surface area contributed by atoms with Crippen molar-refractivity contribution in [2.45, 2.75) is 56.1 Å². The van der Waals surface area contributed by atoms with Crippen LogP contribution in [0.2, 0.25) is 10.0 Å². The van der Waals surface area contributed by atoms with Gasteiger partial charge in [0.2, 0.25) is 5.91 Å². The number of amidine groups is 1. The zero-order chi connectivity index (χ0) is 29.2. The minimum absolute atomic E-state index is 0.162. The van der Waals surface area contributed by atoms with Crippen LogP contribution in [0, 0.1) is 5.82 Å². The van der Waals surface area contributed by atoms with Crippen LogP contribution in [-0.4, -0.2) is 58.9 Å². The number of halogens is 9. The molecule has 2 aliphatic heterocycles. The molecule has 0 N–H and O–H groups in total. The van der Waals surface area contributed by atoms with Crippen molar-refractivity contribution >= 4 is 52.2 Å². The number of aryl methyl sites for hydroxylation is 1. The van der Waals surface area contributed by atoms with E-state index in [-0.39, 0.29) is 17.8 Å². The van der Waals surface area contributed by atoms with Gasteiger partial charge < -0.3 is 9.74 Å². The van der Waals surface area contributed by atoms with E-state index >= 15 is 0 Å². The van der Waals surface area contributed by atoms with Crippen LogP contribution in [0.5, 0.6) is 0 Å². The van der Waals surface area contributed by atoms with Crippen molar-refractivity contribution in [2.24, 2.45) is 5.16 Å². The van der Waals surface area contributed by atoms with E-state index < -0.39 is 76.0 Å². The molecule has 1 aliphatic carbocycles. The van der Waals surface area contributed by atoms with Gasteiger partial charge in [-0.1, -0.05) is 28.4 Å². The summed E-state index contributed by atoms with van der Waals surface area (Å²) in [5.41, 5.74) is -2.42. The Morgan fingerprint density at radius 1 is 1.18 bits per heavy atom. The second-order valence-corrected chi connectivity index (χ2v) is 11.3. The van der Waals surface area contributed by atoms with Crippen LogP contribution in [0.3, 0.4) is 0 Å². The average molecular weight is 632 g/mol. The van der Waals surface area contributed by atoms with Gasteiger partial charge in [-0.25, -0.2) is 4.39 Å². The number of oxime groups is 1. The largest absolute Gasteiger partial charge is 0.435 e. The molecule has 1 saturated heterocycles. The van der Waals surface area contributed by atoms with Gasteiger partial charge in [-0.3, -0.25) is 14.5 Å². The summed E-state index contributed by atoms with van der Waals surface area (Å²) in [6.45, 7) is -1.96. The summed E-state index contributed by atoms with van der Waals surface area (Å²) in [7, 11) is 0. The fourth-order valence-electron chi connectivity index (χ4n) is 5.23. The summed E-state index contributed by atoms with van der Waals surface area (Å²) in [5.74, 6) is -3.73. The monoisotopic (exact) mass is 631 g/mol. The van der Waals surface area contributed by atoms with Crippen LogP contribution < -0.4 is 0 Å². The van der Waals surface area contributed by atoms with Crippen molar-refractivity contribution in [1.82, 2.24) is 9.80 Å². The van der Waals surface area contributed by atoms with Gasteiger partial charge in [0.15, 0.2) is 11.7 Å². The molecule has 2 aromatic rings. The Morgan fingerprint density at radius 3 is 2.48 bits per heavy atom. The molecule has 2 atom stereocenters. The van der Waals surface area contributed by atoms with E-state index in [0.29, 0.717) is 40.3 Å². The second kappa shape index (κ2) is 10.1. The number of alkyl halides is 6. The number of carbonyl (C=O) groups excluding carboxylic acids is 2. The van der Waals surface area contributed by atoms with Crippen molar-refractivity contribution < 1.29 is 45.2 Å². The molecule has 5 rings (SSSR count). The number of thiophene rings is 1. The van der Waals surface area contributed by atoms with Gasteiger partial charge in [-0.15, -0.1) is 11.3 Å². The van der Waals surface area contributed by atoms with Crippen LogP contribution in [0.25, 0.3) is 0 Å². The Bertz CT molecular complexity index is 1390. The van der Waals surface area contributed by atoms with Gasteiger partial charge in [0.1, 0.15) is 12.6 Å². The van der Waals surface area contributed by atoms with Crippen LogP contribution in [-0.2, 0) is 28.1 Å². The molecule has 2 unspecified atom stereocenters. The minimum Gasteiger partial charge on any atom is -0.372 e. The van der Waals surface area contributed by atoms with E-state index in [2.05, 4.69) is 5.16 Å². The minimum atomic E-state index is -5.20. The van der Waals surface area contributed by atoms with Crippen molar-refractivity contribution in [3.63, 3.8) is 0 Å². The third-order valence-corrected chi connectivity index (χ3v) is 8.73. The zero-order valence-electron chi connectivity index (χ0n) is 20.1. The Labute approximate surface area is 236 Å². The number of fused-ring (bicyclic) bond motifs is 1. The highest BCUT2D eigenvalue weighted by atomic mass is 35.5. The predicted octanol–water partition coefficient (Wildman–Crippen LogP) is 6.48. The normalized spacial score (nSPS) is 22.9. The summed E-state index contributed by atoms with van der Waals surface area (Å²) >= 11 is 12.5. The second-order valence-electron chi connectivity index (χ2n) is 9.63. The number of likely N-dealkylation sites (tertiary alicyclic amines) is 1. The molecule has 0 saturated carbocycles.